The molecule has 0 saturated carbocycles. The van der Waals surface area contributed by atoms with Gasteiger partial charge in [-0.05, 0) is 17.7 Å². The van der Waals surface area contributed by atoms with Gasteiger partial charge >= 0.3 is 0 Å². The number of aromatic hydroxyl groups is 1. The number of benzene rings is 2. The van der Waals surface area contributed by atoms with Crippen LogP contribution in [0.2, 0.25) is 0 Å². The molecular weight excluding hydrogens is 264 g/mol. The maximum absolute atomic E-state index is 9.67. The number of hydrogen-bond acceptors (Lipinski definition) is 5. The van der Waals surface area contributed by atoms with Crippen molar-refractivity contribution in [2.75, 3.05) is 11.5 Å². The van der Waals surface area contributed by atoms with E-state index in [-0.39, 0.29) is 17.5 Å². The third-order valence-corrected chi connectivity index (χ3v) is 3.14. The van der Waals surface area contributed by atoms with Crippen molar-refractivity contribution < 1.29 is 5.11 Å². The fourth-order valence-electron chi connectivity index (χ4n) is 2.25. The van der Waals surface area contributed by atoms with E-state index in [1.54, 1.807) is 18.2 Å². The molecule has 3 aromatic rings. The second-order valence-corrected chi connectivity index (χ2v) is 4.61. The third-order valence-electron chi connectivity index (χ3n) is 3.14. The van der Waals surface area contributed by atoms with Crippen molar-refractivity contribution in [1.82, 2.24) is 9.97 Å². The maximum Gasteiger partial charge on any atom is 0.222 e. The van der Waals surface area contributed by atoms with Crippen molar-refractivity contribution in [2.24, 2.45) is 0 Å². The van der Waals surface area contributed by atoms with Gasteiger partial charge in [-0.15, -0.1) is 0 Å². The average molecular weight is 278 g/mol. The zero-order valence-corrected chi connectivity index (χ0v) is 11.2. The Kier molecular flexibility index (Phi) is 3.16. The highest BCUT2D eigenvalue weighted by Gasteiger charge is 2.15. The fraction of sp³-hybridized carbons (Fsp3) is 0. The van der Waals surface area contributed by atoms with Crippen LogP contribution in [0.25, 0.3) is 22.4 Å². The van der Waals surface area contributed by atoms with Crippen molar-refractivity contribution in [1.29, 1.82) is 0 Å². The minimum Gasteiger partial charge on any atom is -0.508 e. The van der Waals surface area contributed by atoms with Crippen LogP contribution in [0.15, 0.2) is 54.6 Å². The number of nitrogens with zero attached hydrogens (tertiary/aromatic N) is 2. The predicted octanol–water partition coefficient (Wildman–Crippen LogP) is 2.68. The van der Waals surface area contributed by atoms with E-state index in [9.17, 15) is 5.11 Å². The topological polar surface area (TPSA) is 98.0 Å². The van der Waals surface area contributed by atoms with Crippen LogP contribution in [0.5, 0.6) is 5.75 Å². The summed E-state index contributed by atoms with van der Waals surface area (Å²) in [5, 5.41) is 9.67. The number of nitrogens with two attached hydrogens (primary N) is 2. The van der Waals surface area contributed by atoms with E-state index >= 15 is 0 Å². The van der Waals surface area contributed by atoms with Gasteiger partial charge in [0, 0.05) is 5.56 Å². The molecule has 21 heavy (non-hydrogen) atoms. The first-order valence-electron chi connectivity index (χ1n) is 6.43. The lowest BCUT2D eigenvalue weighted by Gasteiger charge is -2.12. The summed E-state index contributed by atoms with van der Waals surface area (Å²) < 4.78 is 0. The number of nitrogen functional groups attached to an aromatic ring is 2. The molecular formula is C16H14N4O. The van der Waals surface area contributed by atoms with Crippen LogP contribution in [0.1, 0.15) is 0 Å². The third kappa shape index (κ3) is 2.49. The highest BCUT2D eigenvalue weighted by molar-refractivity contribution is 5.88. The molecule has 5 heteroatoms. The molecule has 0 atom stereocenters. The number of anilines is 2. The lowest BCUT2D eigenvalue weighted by atomic mass is 9.99. The summed E-state index contributed by atoms with van der Waals surface area (Å²) in [4.78, 5) is 8.34. The predicted molar refractivity (Wildman–Crippen MR) is 83.4 cm³/mol. The minimum atomic E-state index is 0.121. The van der Waals surface area contributed by atoms with Crippen LogP contribution in [0, 0.1) is 0 Å². The van der Waals surface area contributed by atoms with E-state index in [1.165, 1.54) is 0 Å². The number of hydrogen-bond donors (Lipinski definition) is 3. The van der Waals surface area contributed by atoms with Crippen LogP contribution < -0.4 is 11.5 Å². The van der Waals surface area contributed by atoms with Gasteiger partial charge in [-0.3, -0.25) is 0 Å². The van der Waals surface area contributed by atoms with Crippen molar-refractivity contribution in [3.8, 4) is 28.1 Å². The highest BCUT2D eigenvalue weighted by Crippen LogP contribution is 2.35. The molecule has 1 heterocycles. The summed E-state index contributed by atoms with van der Waals surface area (Å²) in [5.41, 5.74) is 14.7. The van der Waals surface area contributed by atoms with Gasteiger partial charge in [-0.1, -0.05) is 42.5 Å². The smallest absolute Gasteiger partial charge is 0.222 e. The Labute approximate surface area is 121 Å². The molecule has 0 unspecified atom stereocenters. The number of phenolic OH excluding ortho intramolecular Hbond substituents is 1. The molecule has 0 saturated heterocycles. The number of aromatic nitrogens is 2. The zero-order valence-electron chi connectivity index (χ0n) is 11.2. The molecule has 3 rings (SSSR count). The molecule has 0 aliphatic heterocycles. The van der Waals surface area contributed by atoms with Gasteiger partial charge in [0.1, 0.15) is 11.6 Å². The van der Waals surface area contributed by atoms with E-state index in [4.69, 9.17) is 11.5 Å². The molecule has 0 spiro atoms. The largest absolute Gasteiger partial charge is 0.508 e. The molecule has 1 aromatic heterocycles. The van der Waals surface area contributed by atoms with E-state index < -0.39 is 0 Å². The van der Waals surface area contributed by atoms with Gasteiger partial charge < -0.3 is 16.6 Å². The Balaban J connectivity index is 2.29. The van der Waals surface area contributed by atoms with E-state index in [1.807, 2.05) is 36.4 Å². The molecule has 2 aromatic carbocycles. The summed E-state index contributed by atoms with van der Waals surface area (Å²) in [6.45, 7) is 0. The molecule has 0 bridgehead atoms. The minimum absolute atomic E-state index is 0.121. The van der Waals surface area contributed by atoms with Crippen LogP contribution in [0.3, 0.4) is 0 Å². The van der Waals surface area contributed by atoms with E-state index in [0.717, 1.165) is 11.1 Å². The number of phenols is 1. The van der Waals surface area contributed by atoms with Gasteiger partial charge in [-0.2, -0.15) is 4.98 Å². The second-order valence-electron chi connectivity index (χ2n) is 4.61. The molecule has 0 aliphatic rings. The normalized spacial score (nSPS) is 10.5. The summed E-state index contributed by atoms with van der Waals surface area (Å²) in [7, 11) is 0. The van der Waals surface area contributed by atoms with E-state index in [2.05, 4.69) is 9.97 Å². The van der Waals surface area contributed by atoms with Crippen molar-refractivity contribution in [3.63, 3.8) is 0 Å². The highest BCUT2D eigenvalue weighted by atomic mass is 16.3. The molecule has 0 aliphatic carbocycles. The summed E-state index contributed by atoms with van der Waals surface area (Å²) >= 11 is 0. The molecule has 104 valence electrons. The van der Waals surface area contributed by atoms with Crippen LogP contribution >= 0.6 is 0 Å². The monoisotopic (exact) mass is 278 g/mol. The quantitative estimate of drug-likeness (QED) is 0.669. The Morgan fingerprint density at radius 3 is 2.24 bits per heavy atom. The Bertz CT molecular complexity index is 788. The summed E-state index contributed by atoms with van der Waals surface area (Å²) in [5.74, 6) is 0.560. The Morgan fingerprint density at radius 1 is 0.810 bits per heavy atom. The first kappa shape index (κ1) is 12.9. The van der Waals surface area contributed by atoms with Crippen LogP contribution in [-0.2, 0) is 0 Å². The molecule has 0 amide bonds. The van der Waals surface area contributed by atoms with Crippen molar-refractivity contribution in [3.05, 3.63) is 54.6 Å². The van der Waals surface area contributed by atoms with Crippen molar-refractivity contribution in [2.45, 2.75) is 0 Å². The lowest BCUT2D eigenvalue weighted by molar-refractivity contribution is 0.475. The van der Waals surface area contributed by atoms with Gasteiger partial charge in [-0.25, -0.2) is 4.98 Å². The van der Waals surface area contributed by atoms with Crippen molar-refractivity contribution >= 4 is 11.8 Å². The molecule has 0 radical (unpaired) electrons. The zero-order chi connectivity index (χ0) is 14.8. The summed E-state index contributed by atoms with van der Waals surface area (Å²) in [6.07, 6.45) is 0. The maximum atomic E-state index is 9.67. The molecule has 5 N–H and O–H groups in total. The Morgan fingerprint density at radius 2 is 1.52 bits per heavy atom. The molecule has 0 fully saturated rings. The average Bonchev–Trinajstić information content (AvgIpc) is 2.47. The SMILES string of the molecule is Nc1nc(N)c(-c2cccc(O)c2)c(-c2ccccc2)n1. The van der Waals surface area contributed by atoms with Gasteiger partial charge in [0.25, 0.3) is 0 Å². The molecule has 5 nitrogen and oxygen atoms in total. The Hall–Kier alpha value is -3.08. The fourth-order valence-corrected chi connectivity index (χ4v) is 2.25. The van der Waals surface area contributed by atoms with Crippen LogP contribution in [0.4, 0.5) is 11.8 Å². The van der Waals surface area contributed by atoms with Gasteiger partial charge in [0.15, 0.2) is 0 Å². The summed E-state index contributed by atoms with van der Waals surface area (Å²) in [6, 6.07) is 16.4. The standard InChI is InChI=1S/C16H14N4O/c17-15-13(11-7-4-8-12(21)9-11)14(19-16(18)20-15)10-5-2-1-3-6-10/h1-9,21H,(H4,17,18,19,20). The van der Waals surface area contributed by atoms with Gasteiger partial charge in [0.2, 0.25) is 5.95 Å². The second kappa shape index (κ2) is 5.13. The van der Waals surface area contributed by atoms with Gasteiger partial charge in [0.05, 0.1) is 11.3 Å². The van der Waals surface area contributed by atoms with Crippen LogP contribution in [-0.4, -0.2) is 15.1 Å². The lowest BCUT2D eigenvalue weighted by Crippen LogP contribution is -2.04. The first-order valence-corrected chi connectivity index (χ1v) is 6.43. The first-order chi connectivity index (χ1) is 10.1. The number of rotatable bonds is 2. The van der Waals surface area contributed by atoms with E-state index in [0.29, 0.717) is 11.3 Å².